The molecule has 9 heavy (non-hydrogen) atoms. The van der Waals surface area contributed by atoms with E-state index >= 15 is 0 Å². The van der Waals surface area contributed by atoms with Gasteiger partial charge in [-0.25, -0.2) is 0 Å². The average molecular weight is 301 g/mol. The third kappa shape index (κ3) is 438. The Morgan fingerprint density at radius 1 is 0.222 bits per heavy atom. The zero-order valence-electron chi connectivity index (χ0n) is 4.35. The Labute approximate surface area is 83.4 Å². The Balaban J connectivity index is 0. The molecule has 0 aliphatic rings. The van der Waals surface area contributed by atoms with Gasteiger partial charge in [0, 0.05) is 0 Å². The van der Waals surface area contributed by atoms with Crippen molar-refractivity contribution in [3.8, 4) is 0 Å². The van der Waals surface area contributed by atoms with E-state index in [0.717, 1.165) is 0 Å². The van der Waals surface area contributed by atoms with Gasteiger partial charge in [-0.2, -0.15) is 0 Å². The van der Waals surface area contributed by atoms with Crippen molar-refractivity contribution < 1.29 is 83.7 Å². The molecule has 0 aliphatic heterocycles. The van der Waals surface area contributed by atoms with Crippen LogP contribution in [0.4, 0.5) is 0 Å². The molecule has 0 amide bonds. The van der Waals surface area contributed by atoms with Gasteiger partial charge in [-0.05, 0) is 0 Å². The molecule has 0 spiro atoms. The van der Waals surface area contributed by atoms with Crippen LogP contribution >= 0.6 is 0 Å². The molecule has 0 saturated carbocycles. The molecule has 16 N–H and O–H groups in total. The van der Waals surface area contributed by atoms with Gasteiger partial charge in [-0.3, -0.25) is 0 Å². The third-order valence-corrected chi connectivity index (χ3v) is 0. The molecule has 0 aliphatic carbocycles. The minimum Gasteiger partial charge on any atom is -0.412 e. The molecule has 0 bridgehead atoms. The summed E-state index contributed by atoms with van der Waals surface area (Å²) in [6.07, 6.45) is 0. The molecule has 0 heterocycles. The zero-order chi connectivity index (χ0) is 0. The van der Waals surface area contributed by atoms with Crippen LogP contribution in [0.25, 0.3) is 0 Å². The molecule has 9 heteroatoms. The maximum atomic E-state index is 0. The maximum absolute atomic E-state index is 0. The summed E-state index contributed by atoms with van der Waals surface area (Å²) >= 11 is 0. The van der Waals surface area contributed by atoms with Crippen LogP contribution in [-0.4, -0.2) is 43.8 Å². The number of hydrogen-bond donors (Lipinski definition) is 0. The summed E-state index contributed by atoms with van der Waals surface area (Å²) in [4.78, 5) is 0. The van der Waals surface area contributed by atoms with Gasteiger partial charge < -0.3 is 43.8 Å². The van der Waals surface area contributed by atoms with Crippen LogP contribution in [0.15, 0.2) is 0 Å². The summed E-state index contributed by atoms with van der Waals surface area (Å²) in [5.74, 6) is 0. The minimum absolute atomic E-state index is 0. The van der Waals surface area contributed by atoms with Gasteiger partial charge in [-0.15, -0.1) is 0 Å². The molecular formula is H16GdO8+3. The minimum atomic E-state index is 0. The topological polar surface area (TPSA) is 252 Å². The standard InChI is InChI=1S/Gd.8H2O/h;8*1H2/q+3;;;;;;;;. The van der Waals surface area contributed by atoms with Crippen LogP contribution in [0.3, 0.4) is 0 Å². The van der Waals surface area contributed by atoms with Gasteiger partial charge in [0.25, 0.3) is 0 Å². The van der Waals surface area contributed by atoms with Crippen LogP contribution in [-0.2, 0) is 0 Å². The molecule has 0 saturated heterocycles. The van der Waals surface area contributed by atoms with Crippen molar-refractivity contribution in [1.82, 2.24) is 0 Å². The second-order valence-corrected chi connectivity index (χ2v) is 0. The van der Waals surface area contributed by atoms with Crippen LogP contribution in [0.5, 0.6) is 0 Å². The Hall–Kier alpha value is 1.00. The zero-order valence-corrected chi connectivity index (χ0v) is 6.62. The summed E-state index contributed by atoms with van der Waals surface area (Å²) in [7, 11) is 0. The Morgan fingerprint density at radius 2 is 0.222 bits per heavy atom. The normalized spacial score (nSPS) is 0. The Bertz CT molecular complexity index is 4.53. The van der Waals surface area contributed by atoms with E-state index in [4.69, 9.17) is 0 Å². The predicted octanol–water partition coefficient (Wildman–Crippen LogP) is -6.60. The van der Waals surface area contributed by atoms with E-state index in [1.54, 1.807) is 0 Å². The first-order valence-corrected chi connectivity index (χ1v) is 0. The van der Waals surface area contributed by atoms with E-state index in [2.05, 4.69) is 0 Å². The molecule has 1 radical (unpaired) electrons. The Kier molecular flexibility index (Phi) is 51000. The van der Waals surface area contributed by atoms with E-state index in [0.29, 0.717) is 0 Å². The fourth-order valence-electron chi connectivity index (χ4n) is 0. The molecule has 8 nitrogen and oxygen atoms in total. The maximum Gasteiger partial charge on any atom is 3.00 e. The Morgan fingerprint density at radius 3 is 0.222 bits per heavy atom. The molecule has 0 aromatic rings. The molecule has 0 unspecified atom stereocenters. The second kappa shape index (κ2) is 572. The van der Waals surface area contributed by atoms with Crippen molar-refractivity contribution in [1.29, 1.82) is 0 Å². The van der Waals surface area contributed by atoms with Crippen LogP contribution in [0.2, 0.25) is 0 Å². The largest absolute Gasteiger partial charge is 3.00 e. The molecule has 0 aromatic carbocycles. The van der Waals surface area contributed by atoms with E-state index in [1.807, 2.05) is 0 Å². The van der Waals surface area contributed by atoms with Crippen molar-refractivity contribution in [2.45, 2.75) is 0 Å². The van der Waals surface area contributed by atoms with Crippen LogP contribution in [0.1, 0.15) is 0 Å². The third-order valence-electron chi connectivity index (χ3n) is 0. The first kappa shape index (κ1) is 804. The summed E-state index contributed by atoms with van der Waals surface area (Å²) in [6.45, 7) is 0. The fraction of sp³-hybridized carbons (Fsp3) is 0. The summed E-state index contributed by atoms with van der Waals surface area (Å²) < 4.78 is 0. The van der Waals surface area contributed by atoms with Gasteiger partial charge in [0.2, 0.25) is 0 Å². The summed E-state index contributed by atoms with van der Waals surface area (Å²) in [5, 5.41) is 0. The van der Waals surface area contributed by atoms with Crippen molar-refractivity contribution in [2.24, 2.45) is 0 Å². The molecule has 0 rings (SSSR count). The molecule has 0 fully saturated rings. The van der Waals surface area contributed by atoms with Crippen LogP contribution < -0.4 is 0 Å². The molecular weight excluding hydrogens is 285 g/mol. The van der Waals surface area contributed by atoms with Crippen molar-refractivity contribution in [2.75, 3.05) is 0 Å². The van der Waals surface area contributed by atoms with Crippen molar-refractivity contribution in [3.63, 3.8) is 0 Å². The monoisotopic (exact) mass is 302 g/mol. The van der Waals surface area contributed by atoms with E-state index in [-0.39, 0.29) is 83.7 Å². The molecule has 69 valence electrons. The van der Waals surface area contributed by atoms with Crippen molar-refractivity contribution >= 4 is 0 Å². The van der Waals surface area contributed by atoms with Crippen LogP contribution in [0, 0.1) is 39.9 Å². The van der Waals surface area contributed by atoms with E-state index in [9.17, 15) is 0 Å². The quantitative estimate of drug-likeness (QED) is 0.404. The average Bonchev–Trinajstić information content (AvgIpc) is 0. The van der Waals surface area contributed by atoms with Gasteiger partial charge in [0.05, 0.1) is 0 Å². The van der Waals surface area contributed by atoms with Gasteiger partial charge in [0.1, 0.15) is 0 Å². The SMILES string of the molecule is O.O.O.O.O.O.O.O.[Gd+3]. The van der Waals surface area contributed by atoms with Gasteiger partial charge >= 0.3 is 39.9 Å². The number of hydrogen-bond acceptors (Lipinski definition) is 0. The van der Waals surface area contributed by atoms with E-state index < -0.39 is 0 Å². The fourth-order valence-corrected chi connectivity index (χ4v) is 0. The summed E-state index contributed by atoms with van der Waals surface area (Å²) in [6, 6.07) is 0. The second-order valence-electron chi connectivity index (χ2n) is 0. The van der Waals surface area contributed by atoms with Gasteiger partial charge in [-0.1, -0.05) is 0 Å². The first-order valence-electron chi connectivity index (χ1n) is 0. The van der Waals surface area contributed by atoms with E-state index in [1.165, 1.54) is 0 Å². The smallest absolute Gasteiger partial charge is 0.412 e. The summed E-state index contributed by atoms with van der Waals surface area (Å²) in [5.41, 5.74) is 0. The molecule has 0 aromatic heterocycles. The predicted molar refractivity (Wildman–Crippen MR) is 28.9 cm³/mol. The van der Waals surface area contributed by atoms with Crippen molar-refractivity contribution in [3.05, 3.63) is 0 Å². The first-order chi connectivity index (χ1) is 0. The molecule has 0 atom stereocenters. The number of rotatable bonds is 0. The van der Waals surface area contributed by atoms with Gasteiger partial charge in [0.15, 0.2) is 0 Å².